The van der Waals surface area contributed by atoms with Gasteiger partial charge < -0.3 is 19.8 Å². The van der Waals surface area contributed by atoms with Crippen LogP contribution in [-0.2, 0) is 4.79 Å². The van der Waals surface area contributed by atoms with Gasteiger partial charge in [0.05, 0.1) is 19.1 Å². The van der Waals surface area contributed by atoms with E-state index in [0.29, 0.717) is 22.1 Å². The number of methoxy groups -OCH3 is 1. The van der Waals surface area contributed by atoms with Crippen LogP contribution in [0.4, 0.5) is 11.4 Å². The minimum atomic E-state index is -0.562. The molecular formula is C27H23ClN2O4S. The smallest absolute Gasteiger partial charge is 0.291 e. The van der Waals surface area contributed by atoms with Crippen molar-refractivity contribution in [1.29, 1.82) is 0 Å². The average Bonchev–Trinajstić information content (AvgIpc) is 3.41. The predicted molar refractivity (Wildman–Crippen MR) is 140 cm³/mol. The van der Waals surface area contributed by atoms with Crippen LogP contribution in [0.2, 0.25) is 5.02 Å². The molecule has 0 bridgehead atoms. The highest BCUT2D eigenvalue weighted by Crippen LogP contribution is 2.38. The van der Waals surface area contributed by atoms with Gasteiger partial charge in [-0.1, -0.05) is 48.0 Å². The number of carbonyl (C=O) groups excluding carboxylic acids is 2. The first-order valence-corrected chi connectivity index (χ1v) is 12.0. The maximum absolute atomic E-state index is 13.5. The third kappa shape index (κ3) is 6.07. The quantitative estimate of drug-likeness (QED) is 0.252. The number of rotatable bonds is 8. The molecule has 1 heterocycles. The lowest BCUT2D eigenvalue weighted by Gasteiger charge is -2.19. The van der Waals surface area contributed by atoms with Crippen LogP contribution in [0.5, 0.6) is 5.75 Å². The molecule has 1 aromatic heterocycles. The van der Waals surface area contributed by atoms with Crippen molar-refractivity contribution in [3.05, 3.63) is 107 Å². The van der Waals surface area contributed by atoms with Crippen molar-refractivity contribution in [3.63, 3.8) is 0 Å². The van der Waals surface area contributed by atoms with E-state index in [1.165, 1.54) is 25.1 Å². The van der Waals surface area contributed by atoms with Crippen LogP contribution >= 0.6 is 23.4 Å². The molecule has 3 aromatic carbocycles. The molecule has 0 fully saturated rings. The Balaban J connectivity index is 1.58. The number of nitrogens with one attached hydrogen (secondary N) is 2. The molecule has 0 spiro atoms. The summed E-state index contributed by atoms with van der Waals surface area (Å²) in [6.45, 7) is 1.86. The van der Waals surface area contributed by atoms with Crippen LogP contribution in [0, 0.1) is 6.92 Å². The van der Waals surface area contributed by atoms with E-state index in [2.05, 4.69) is 10.6 Å². The molecule has 0 aliphatic heterocycles. The van der Waals surface area contributed by atoms with E-state index in [1.807, 2.05) is 55.5 Å². The minimum absolute atomic E-state index is 0.216. The highest BCUT2D eigenvalue weighted by atomic mass is 35.5. The molecule has 35 heavy (non-hydrogen) atoms. The van der Waals surface area contributed by atoms with Gasteiger partial charge in [-0.2, -0.15) is 0 Å². The molecule has 1 atom stereocenters. The van der Waals surface area contributed by atoms with Crippen molar-refractivity contribution in [2.45, 2.75) is 17.1 Å². The van der Waals surface area contributed by atoms with Gasteiger partial charge in [-0.3, -0.25) is 9.59 Å². The maximum Gasteiger partial charge on any atom is 0.291 e. The highest BCUT2D eigenvalue weighted by molar-refractivity contribution is 8.00. The number of furan rings is 1. The normalized spacial score (nSPS) is 11.5. The van der Waals surface area contributed by atoms with E-state index in [0.717, 1.165) is 16.0 Å². The zero-order chi connectivity index (χ0) is 24.8. The van der Waals surface area contributed by atoms with E-state index in [-0.39, 0.29) is 17.6 Å². The Morgan fingerprint density at radius 1 is 0.971 bits per heavy atom. The summed E-state index contributed by atoms with van der Waals surface area (Å²) in [4.78, 5) is 26.7. The molecule has 0 saturated carbocycles. The van der Waals surface area contributed by atoms with Gasteiger partial charge in [0.15, 0.2) is 5.76 Å². The Hall–Kier alpha value is -3.68. The molecule has 4 rings (SSSR count). The van der Waals surface area contributed by atoms with Crippen molar-refractivity contribution >= 4 is 46.6 Å². The Morgan fingerprint density at radius 2 is 1.77 bits per heavy atom. The molecule has 1 unspecified atom stereocenters. The second-order valence-corrected chi connectivity index (χ2v) is 9.24. The molecule has 4 aromatic rings. The van der Waals surface area contributed by atoms with Crippen LogP contribution in [0.3, 0.4) is 0 Å². The van der Waals surface area contributed by atoms with Gasteiger partial charge in [0, 0.05) is 21.7 Å². The van der Waals surface area contributed by atoms with Crippen molar-refractivity contribution in [2.75, 3.05) is 17.7 Å². The van der Waals surface area contributed by atoms with Crippen molar-refractivity contribution < 1.29 is 18.7 Å². The van der Waals surface area contributed by atoms with Crippen LogP contribution in [-0.4, -0.2) is 18.9 Å². The fourth-order valence-electron chi connectivity index (χ4n) is 3.41. The number of aryl methyl sites for hydroxylation is 1. The van der Waals surface area contributed by atoms with Gasteiger partial charge >= 0.3 is 0 Å². The van der Waals surface area contributed by atoms with E-state index in [4.69, 9.17) is 20.8 Å². The van der Waals surface area contributed by atoms with E-state index >= 15 is 0 Å². The monoisotopic (exact) mass is 506 g/mol. The molecule has 2 amide bonds. The lowest BCUT2D eigenvalue weighted by molar-refractivity contribution is -0.115. The number of amides is 2. The number of halogens is 1. The topological polar surface area (TPSA) is 80.6 Å². The van der Waals surface area contributed by atoms with E-state index < -0.39 is 5.25 Å². The number of benzene rings is 3. The first-order valence-electron chi connectivity index (χ1n) is 10.8. The van der Waals surface area contributed by atoms with E-state index in [1.54, 1.807) is 30.3 Å². The second kappa shape index (κ2) is 11.2. The molecule has 0 radical (unpaired) electrons. The molecule has 6 nitrogen and oxygen atoms in total. The van der Waals surface area contributed by atoms with Crippen LogP contribution in [0.25, 0.3) is 0 Å². The first kappa shape index (κ1) is 24.4. The van der Waals surface area contributed by atoms with Gasteiger partial charge in [-0.15, -0.1) is 11.8 Å². The third-order valence-electron chi connectivity index (χ3n) is 5.17. The lowest BCUT2D eigenvalue weighted by atomic mass is 10.1. The Kier molecular flexibility index (Phi) is 7.80. The molecule has 0 aliphatic carbocycles. The van der Waals surface area contributed by atoms with Crippen LogP contribution in [0.15, 0.2) is 94.4 Å². The summed E-state index contributed by atoms with van der Waals surface area (Å²) >= 11 is 7.59. The largest absolute Gasteiger partial charge is 0.495 e. The Morgan fingerprint density at radius 3 is 2.49 bits per heavy atom. The molecule has 0 saturated heterocycles. The maximum atomic E-state index is 13.5. The molecule has 8 heteroatoms. The number of hydrogen-bond donors (Lipinski definition) is 2. The van der Waals surface area contributed by atoms with Crippen LogP contribution < -0.4 is 15.4 Å². The fraction of sp³-hybridized carbons (Fsp3) is 0.111. The molecule has 178 valence electrons. The highest BCUT2D eigenvalue weighted by Gasteiger charge is 2.24. The summed E-state index contributed by atoms with van der Waals surface area (Å²) in [5, 5.41) is 5.80. The van der Waals surface area contributed by atoms with Crippen molar-refractivity contribution in [1.82, 2.24) is 0 Å². The average molecular weight is 507 g/mol. The van der Waals surface area contributed by atoms with Gasteiger partial charge in [0.2, 0.25) is 5.91 Å². The van der Waals surface area contributed by atoms with Gasteiger partial charge in [0.1, 0.15) is 11.0 Å². The number of hydrogen-bond acceptors (Lipinski definition) is 5. The van der Waals surface area contributed by atoms with E-state index in [9.17, 15) is 9.59 Å². The zero-order valence-electron chi connectivity index (χ0n) is 19.1. The summed E-state index contributed by atoms with van der Waals surface area (Å²) in [5.74, 6) is 0.135. The first-order chi connectivity index (χ1) is 16.9. The van der Waals surface area contributed by atoms with Gasteiger partial charge in [-0.25, -0.2) is 0 Å². The number of thioether (sulfide) groups is 1. The van der Waals surface area contributed by atoms with Crippen LogP contribution in [0.1, 0.15) is 26.9 Å². The third-order valence-corrected chi connectivity index (χ3v) is 6.83. The predicted octanol–water partition coefficient (Wildman–Crippen LogP) is 6.97. The molecular weight excluding hydrogens is 484 g/mol. The summed E-state index contributed by atoms with van der Waals surface area (Å²) in [6.07, 6.45) is 1.45. The standard InChI is InChI=1S/C27H23ClN2O4S/c1-17-14-22(24(33-2)16-21(17)28)30-27(32)25(18-8-4-3-5-9-18)35-20-11-6-10-19(15-20)29-26(31)23-12-7-13-34-23/h3-16,25H,1-2H3,(H,29,31)(H,30,32). The summed E-state index contributed by atoms with van der Waals surface area (Å²) in [5.41, 5.74) is 2.80. The summed E-state index contributed by atoms with van der Waals surface area (Å²) in [7, 11) is 1.53. The minimum Gasteiger partial charge on any atom is -0.495 e. The van der Waals surface area contributed by atoms with Gasteiger partial charge in [-0.05, 0) is 54.4 Å². The van der Waals surface area contributed by atoms with Crippen molar-refractivity contribution in [3.8, 4) is 5.75 Å². The summed E-state index contributed by atoms with van der Waals surface area (Å²) in [6, 6.07) is 23.5. The number of ether oxygens (including phenoxy) is 1. The number of anilines is 2. The second-order valence-electron chi connectivity index (χ2n) is 7.66. The SMILES string of the molecule is COc1cc(Cl)c(C)cc1NC(=O)C(Sc1cccc(NC(=O)c2ccco2)c1)c1ccccc1. The Labute approximate surface area is 212 Å². The zero-order valence-corrected chi connectivity index (χ0v) is 20.7. The van der Waals surface area contributed by atoms with Crippen molar-refractivity contribution in [2.24, 2.45) is 0 Å². The van der Waals surface area contributed by atoms with Gasteiger partial charge in [0.25, 0.3) is 5.91 Å². The summed E-state index contributed by atoms with van der Waals surface area (Å²) < 4.78 is 10.6. The molecule has 0 aliphatic rings. The lowest BCUT2D eigenvalue weighted by Crippen LogP contribution is -2.19. The fourth-order valence-corrected chi connectivity index (χ4v) is 4.65. The molecule has 2 N–H and O–H groups in total. The Bertz CT molecular complexity index is 1330. The number of carbonyl (C=O) groups is 2.